The van der Waals surface area contributed by atoms with Gasteiger partial charge in [-0.05, 0) is 31.9 Å². The SMILES string of the molecule is Cc1nc(C)c(C(=O)N[C@H](c2nc3ccccc3n2C)C(C)C)s1. The molecule has 3 aromatic rings. The number of amides is 1. The molecule has 0 saturated carbocycles. The van der Waals surface area contributed by atoms with Gasteiger partial charge in [-0.15, -0.1) is 11.3 Å². The van der Waals surface area contributed by atoms with Crippen molar-refractivity contribution in [1.82, 2.24) is 19.9 Å². The van der Waals surface area contributed by atoms with Crippen LogP contribution in [0.15, 0.2) is 24.3 Å². The fourth-order valence-electron chi connectivity index (χ4n) is 2.92. The number of aryl methyl sites for hydroxylation is 3. The number of benzene rings is 1. The Balaban J connectivity index is 1.96. The third-order valence-corrected chi connectivity index (χ3v) is 5.23. The van der Waals surface area contributed by atoms with E-state index in [2.05, 4.69) is 28.7 Å². The van der Waals surface area contributed by atoms with Crippen LogP contribution in [0.2, 0.25) is 0 Å². The second-order valence-corrected chi connectivity index (χ2v) is 7.56. The topological polar surface area (TPSA) is 59.8 Å². The first-order valence-electron chi connectivity index (χ1n) is 8.04. The molecule has 0 aliphatic rings. The number of thiazole rings is 1. The molecule has 0 spiro atoms. The van der Waals surface area contributed by atoms with Crippen molar-refractivity contribution in [1.29, 1.82) is 0 Å². The summed E-state index contributed by atoms with van der Waals surface area (Å²) in [4.78, 5) is 22.5. The number of carbonyl (C=O) groups is 1. The monoisotopic (exact) mass is 342 g/mol. The molecule has 0 fully saturated rings. The molecule has 1 atom stereocenters. The third-order valence-electron chi connectivity index (χ3n) is 4.16. The van der Waals surface area contributed by atoms with E-state index < -0.39 is 0 Å². The molecule has 0 aliphatic carbocycles. The largest absolute Gasteiger partial charge is 0.341 e. The van der Waals surface area contributed by atoms with Crippen LogP contribution >= 0.6 is 11.3 Å². The third kappa shape index (κ3) is 2.94. The van der Waals surface area contributed by atoms with Crippen molar-refractivity contribution in [2.75, 3.05) is 0 Å². The number of rotatable bonds is 4. The summed E-state index contributed by atoms with van der Waals surface area (Å²) >= 11 is 1.43. The Labute approximate surface area is 145 Å². The number of imidazole rings is 1. The van der Waals surface area contributed by atoms with Crippen LogP contribution in [0.25, 0.3) is 11.0 Å². The summed E-state index contributed by atoms with van der Waals surface area (Å²) in [5, 5.41) is 4.06. The van der Waals surface area contributed by atoms with Gasteiger partial charge in [0, 0.05) is 7.05 Å². The van der Waals surface area contributed by atoms with Crippen LogP contribution in [0, 0.1) is 19.8 Å². The zero-order chi connectivity index (χ0) is 17.4. The summed E-state index contributed by atoms with van der Waals surface area (Å²) in [6.07, 6.45) is 0. The lowest BCUT2D eigenvalue weighted by molar-refractivity contribution is 0.0926. The minimum atomic E-state index is -0.156. The van der Waals surface area contributed by atoms with E-state index in [1.165, 1.54) is 11.3 Å². The van der Waals surface area contributed by atoms with E-state index in [1.807, 2.05) is 45.2 Å². The van der Waals surface area contributed by atoms with Crippen molar-refractivity contribution < 1.29 is 4.79 Å². The standard InChI is InChI=1S/C18H22N4OS/c1-10(2)15(21-18(23)16-11(3)19-12(4)24-16)17-20-13-8-6-7-9-14(13)22(17)5/h6-10,15H,1-5H3,(H,21,23)/t15-/m0/s1. The van der Waals surface area contributed by atoms with Gasteiger partial charge in [0.2, 0.25) is 0 Å². The molecule has 2 aromatic heterocycles. The highest BCUT2D eigenvalue weighted by molar-refractivity contribution is 7.13. The average Bonchev–Trinajstić information content (AvgIpc) is 3.04. The van der Waals surface area contributed by atoms with Crippen molar-refractivity contribution in [2.24, 2.45) is 13.0 Å². The van der Waals surface area contributed by atoms with Gasteiger partial charge in [0.15, 0.2) is 0 Å². The Morgan fingerprint density at radius 2 is 1.92 bits per heavy atom. The van der Waals surface area contributed by atoms with Gasteiger partial charge in [-0.3, -0.25) is 4.79 Å². The smallest absolute Gasteiger partial charge is 0.263 e. The normalized spacial score (nSPS) is 12.8. The van der Waals surface area contributed by atoms with Crippen LogP contribution < -0.4 is 5.32 Å². The number of carbonyl (C=O) groups excluding carboxylic acids is 1. The fraction of sp³-hybridized carbons (Fsp3) is 0.389. The van der Waals surface area contributed by atoms with E-state index in [1.54, 1.807) is 0 Å². The maximum atomic E-state index is 12.7. The number of para-hydroxylation sites is 2. The van der Waals surface area contributed by atoms with Crippen molar-refractivity contribution in [3.63, 3.8) is 0 Å². The van der Waals surface area contributed by atoms with Gasteiger partial charge in [0.25, 0.3) is 5.91 Å². The van der Waals surface area contributed by atoms with Gasteiger partial charge < -0.3 is 9.88 Å². The highest BCUT2D eigenvalue weighted by Crippen LogP contribution is 2.26. The Hall–Kier alpha value is -2.21. The van der Waals surface area contributed by atoms with E-state index in [-0.39, 0.29) is 17.9 Å². The molecule has 5 nitrogen and oxygen atoms in total. The van der Waals surface area contributed by atoms with Crippen LogP contribution in [-0.4, -0.2) is 20.4 Å². The second-order valence-electron chi connectivity index (χ2n) is 6.36. The van der Waals surface area contributed by atoms with Crippen molar-refractivity contribution in [3.05, 3.63) is 45.7 Å². The first-order valence-corrected chi connectivity index (χ1v) is 8.86. The fourth-order valence-corrected chi connectivity index (χ4v) is 3.74. The Bertz CT molecular complexity index is 894. The molecular weight excluding hydrogens is 320 g/mol. The minimum absolute atomic E-state index is 0.0798. The van der Waals surface area contributed by atoms with Gasteiger partial charge >= 0.3 is 0 Å². The molecule has 0 bridgehead atoms. The maximum Gasteiger partial charge on any atom is 0.263 e. The van der Waals surface area contributed by atoms with E-state index in [4.69, 9.17) is 4.98 Å². The van der Waals surface area contributed by atoms with Crippen LogP contribution in [0.4, 0.5) is 0 Å². The Kier molecular flexibility index (Phi) is 4.41. The lowest BCUT2D eigenvalue weighted by Crippen LogP contribution is -2.33. The van der Waals surface area contributed by atoms with E-state index in [9.17, 15) is 4.79 Å². The Morgan fingerprint density at radius 1 is 1.21 bits per heavy atom. The summed E-state index contributed by atoms with van der Waals surface area (Å²) in [6.45, 7) is 7.97. The van der Waals surface area contributed by atoms with Crippen LogP contribution in [0.1, 0.15) is 46.1 Å². The molecule has 0 saturated heterocycles. The summed E-state index contributed by atoms with van der Waals surface area (Å²) in [6, 6.07) is 7.86. The molecular formula is C18H22N4OS. The second kappa shape index (κ2) is 6.36. The van der Waals surface area contributed by atoms with Gasteiger partial charge in [0.05, 0.1) is 27.8 Å². The molecule has 0 aliphatic heterocycles. The van der Waals surface area contributed by atoms with Crippen molar-refractivity contribution in [2.45, 2.75) is 33.7 Å². The van der Waals surface area contributed by atoms with Crippen LogP contribution in [0.3, 0.4) is 0 Å². The molecule has 3 rings (SSSR count). The average molecular weight is 342 g/mol. The number of aromatic nitrogens is 3. The van der Waals surface area contributed by atoms with E-state index >= 15 is 0 Å². The molecule has 1 N–H and O–H groups in total. The van der Waals surface area contributed by atoms with E-state index in [0.29, 0.717) is 4.88 Å². The lowest BCUT2D eigenvalue weighted by Gasteiger charge is -2.22. The summed E-state index contributed by atoms with van der Waals surface area (Å²) in [5.41, 5.74) is 2.79. The van der Waals surface area contributed by atoms with E-state index in [0.717, 1.165) is 27.6 Å². The molecule has 1 amide bonds. The zero-order valence-corrected chi connectivity index (χ0v) is 15.4. The highest BCUT2D eigenvalue weighted by Gasteiger charge is 2.25. The van der Waals surface area contributed by atoms with Gasteiger partial charge in [0.1, 0.15) is 10.7 Å². The summed E-state index contributed by atoms with van der Waals surface area (Å²) in [7, 11) is 1.99. The van der Waals surface area contributed by atoms with Crippen molar-refractivity contribution in [3.8, 4) is 0 Å². The number of nitrogens with zero attached hydrogens (tertiary/aromatic N) is 3. The zero-order valence-electron chi connectivity index (χ0n) is 14.6. The predicted octanol–water partition coefficient (Wildman–Crippen LogP) is 3.77. The Morgan fingerprint density at radius 3 is 2.50 bits per heavy atom. The molecule has 6 heteroatoms. The quantitative estimate of drug-likeness (QED) is 0.785. The molecule has 1 aromatic carbocycles. The van der Waals surface area contributed by atoms with Crippen LogP contribution in [0.5, 0.6) is 0 Å². The lowest BCUT2D eigenvalue weighted by atomic mass is 10.0. The molecule has 0 unspecified atom stereocenters. The van der Waals surface area contributed by atoms with Gasteiger partial charge in [-0.1, -0.05) is 26.0 Å². The first kappa shape index (κ1) is 16.6. The predicted molar refractivity (Wildman–Crippen MR) is 97.3 cm³/mol. The number of nitrogens with one attached hydrogen (secondary N) is 1. The molecule has 0 radical (unpaired) electrons. The molecule has 24 heavy (non-hydrogen) atoms. The molecule has 126 valence electrons. The van der Waals surface area contributed by atoms with Crippen LogP contribution in [-0.2, 0) is 7.05 Å². The maximum absolute atomic E-state index is 12.7. The summed E-state index contributed by atoms with van der Waals surface area (Å²) < 4.78 is 2.06. The minimum Gasteiger partial charge on any atom is -0.341 e. The number of hydrogen-bond donors (Lipinski definition) is 1. The molecule has 2 heterocycles. The highest BCUT2D eigenvalue weighted by atomic mass is 32.1. The first-order chi connectivity index (χ1) is 11.4. The number of fused-ring (bicyclic) bond motifs is 1. The number of hydrogen-bond acceptors (Lipinski definition) is 4. The van der Waals surface area contributed by atoms with Crippen molar-refractivity contribution >= 4 is 28.3 Å². The summed E-state index contributed by atoms with van der Waals surface area (Å²) in [5.74, 6) is 1.01. The van der Waals surface area contributed by atoms with Gasteiger partial charge in [-0.2, -0.15) is 0 Å². The van der Waals surface area contributed by atoms with Gasteiger partial charge in [-0.25, -0.2) is 9.97 Å².